The quantitative estimate of drug-likeness (QED) is 0.382. The Bertz CT molecular complexity index is 1290. The summed E-state index contributed by atoms with van der Waals surface area (Å²) in [6.45, 7) is 4.15. The molecule has 9 heteroatoms. The number of allylic oxidation sites excluding steroid dienone is 1. The van der Waals surface area contributed by atoms with E-state index in [0.29, 0.717) is 22.5 Å². The highest BCUT2D eigenvalue weighted by molar-refractivity contribution is 7.90. The molecule has 31 heavy (non-hydrogen) atoms. The number of methoxy groups -OCH3 is 1. The van der Waals surface area contributed by atoms with Crippen LogP contribution in [0.5, 0.6) is 0 Å². The first kappa shape index (κ1) is 22.6. The van der Waals surface area contributed by atoms with Crippen molar-refractivity contribution < 1.29 is 22.7 Å². The molecule has 7 nitrogen and oxygen atoms in total. The van der Waals surface area contributed by atoms with E-state index in [1.54, 1.807) is 53.1 Å². The predicted octanol–water partition coefficient (Wildman–Crippen LogP) is 3.11. The normalized spacial score (nSPS) is 12.1. The Labute approximate surface area is 184 Å². The van der Waals surface area contributed by atoms with Crippen molar-refractivity contribution in [1.29, 1.82) is 0 Å². The topological polar surface area (TPSA) is 94.8 Å². The summed E-state index contributed by atoms with van der Waals surface area (Å²) in [5, 5.41) is 0. The highest BCUT2D eigenvalue weighted by Crippen LogP contribution is 2.20. The van der Waals surface area contributed by atoms with Crippen LogP contribution in [0.15, 0.2) is 66.2 Å². The summed E-state index contributed by atoms with van der Waals surface area (Å²) in [6.07, 6.45) is 1.47. The summed E-state index contributed by atoms with van der Waals surface area (Å²) in [7, 11) is -2.13. The van der Waals surface area contributed by atoms with Gasteiger partial charge in [0.1, 0.15) is 0 Å². The Morgan fingerprint density at radius 1 is 1.19 bits per heavy atom. The van der Waals surface area contributed by atoms with Crippen molar-refractivity contribution >= 4 is 43.3 Å². The van der Waals surface area contributed by atoms with Crippen LogP contribution in [0, 0.1) is 0 Å². The third-order valence-electron chi connectivity index (χ3n) is 4.49. The molecule has 0 aliphatic rings. The zero-order valence-electron chi connectivity index (χ0n) is 17.0. The molecule has 0 saturated heterocycles. The molecule has 1 heterocycles. The second kappa shape index (κ2) is 9.84. The molecule has 0 atom stereocenters. The first-order valence-corrected chi connectivity index (χ1v) is 12.1. The molecule has 0 unspecified atom stereocenters. The number of carbonyl (C=O) groups excluding carboxylic acids is 2. The Morgan fingerprint density at radius 2 is 1.94 bits per heavy atom. The molecule has 0 aliphatic carbocycles. The number of rotatable bonds is 8. The van der Waals surface area contributed by atoms with Gasteiger partial charge in [-0.1, -0.05) is 47.7 Å². The average Bonchev–Trinajstić information content (AvgIpc) is 3.08. The van der Waals surface area contributed by atoms with Gasteiger partial charge in [0.05, 0.1) is 34.4 Å². The summed E-state index contributed by atoms with van der Waals surface area (Å²) >= 11 is 1.24. The van der Waals surface area contributed by atoms with E-state index in [9.17, 15) is 18.0 Å². The van der Waals surface area contributed by atoms with Gasteiger partial charge in [0, 0.05) is 13.0 Å². The van der Waals surface area contributed by atoms with Gasteiger partial charge in [0.15, 0.2) is 14.6 Å². The maximum absolute atomic E-state index is 12.4. The molecule has 1 amide bonds. The van der Waals surface area contributed by atoms with Crippen molar-refractivity contribution in [2.24, 2.45) is 4.99 Å². The van der Waals surface area contributed by atoms with Crippen molar-refractivity contribution in [2.45, 2.75) is 18.7 Å². The third kappa shape index (κ3) is 5.77. The number of benzene rings is 2. The molecule has 0 aliphatic heterocycles. The van der Waals surface area contributed by atoms with Crippen LogP contribution in [0.4, 0.5) is 0 Å². The summed E-state index contributed by atoms with van der Waals surface area (Å²) in [6, 6.07) is 13.9. The van der Waals surface area contributed by atoms with Crippen LogP contribution in [0.1, 0.15) is 22.3 Å². The molecular weight excluding hydrogens is 436 g/mol. The summed E-state index contributed by atoms with van der Waals surface area (Å²) in [5.41, 5.74) is 1.87. The van der Waals surface area contributed by atoms with Crippen LogP contribution in [-0.4, -0.2) is 37.7 Å². The summed E-state index contributed by atoms with van der Waals surface area (Å²) in [5.74, 6) is -1.36. The highest BCUT2D eigenvalue weighted by Gasteiger charge is 2.15. The number of hydrogen-bond donors (Lipinski definition) is 0. The van der Waals surface area contributed by atoms with E-state index in [4.69, 9.17) is 4.74 Å². The van der Waals surface area contributed by atoms with Crippen LogP contribution < -0.4 is 4.80 Å². The van der Waals surface area contributed by atoms with Gasteiger partial charge in [0.25, 0.3) is 0 Å². The van der Waals surface area contributed by atoms with Gasteiger partial charge >= 0.3 is 5.97 Å². The lowest BCUT2D eigenvalue weighted by Gasteiger charge is -2.03. The molecule has 0 spiro atoms. The predicted molar refractivity (Wildman–Crippen MR) is 120 cm³/mol. The Hall–Kier alpha value is -3.04. The fourth-order valence-corrected chi connectivity index (χ4v) is 5.44. The van der Waals surface area contributed by atoms with Crippen molar-refractivity contribution in [3.05, 3.63) is 77.1 Å². The lowest BCUT2D eigenvalue weighted by atomic mass is 10.2. The van der Waals surface area contributed by atoms with E-state index in [1.807, 2.05) is 6.07 Å². The standard InChI is InChI=1S/C22H22N2O5S2/c1-3-12-24-18-10-9-17(21(26)29-2)14-19(18)30-22(24)23-20(25)11-13-31(27,28)15-16-7-5-4-6-8-16/h3-10,14H,1,11-13,15H2,2H3. The minimum absolute atomic E-state index is 0.114. The van der Waals surface area contributed by atoms with Gasteiger partial charge < -0.3 is 9.30 Å². The van der Waals surface area contributed by atoms with E-state index in [2.05, 4.69) is 11.6 Å². The average molecular weight is 459 g/mol. The number of sulfone groups is 1. The minimum atomic E-state index is -3.44. The van der Waals surface area contributed by atoms with Gasteiger partial charge in [-0.3, -0.25) is 4.79 Å². The van der Waals surface area contributed by atoms with Gasteiger partial charge in [0.2, 0.25) is 5.91 Å². The molecule has 3 aromatic rings. The fraction of sp³-hybridized carbons (Fsp3) is 0.227. The molecule has 0 fully saturated rings. The third-order valence-corrected chi connectivity index (χ3v) is 7.13. The maximum atomic E-state index is 12.4. The number of aromatic nitrogens is 1. The van der Waals surface area contributed by atoms with Gasteiger partial charge in [-0.25, -0.2) is 13.2 Å². The number of thiazole rings is 1. The molecule has 162 valence electrons. The van der Waals surface area contributed by atoms with Gasteiger partial charge in [-0.05, 0) is 23.8 Å². The Morgan fingerprint density at radius 3 is 2.61 bits per heavy atom. The summed E-state index contributed by atoms with van der Waals surface area (Å²) < 4.78 is 32.0. The monoisotopic (exact) mass is 458 g/mol. The van der Waals surface area contributed by atoms with E-state index in [1.165, 1.54) is 18.4 Å². The Balaban J connectivity index is 1.83. The smallest absolute Gasteiger partial charge is 0.337 e. The van der Waals surface area contributed by atoms with E-state index in [-0.39, 0.29) is 17.9 Å². The molecule has 2 aromatic carbocycles. The van der Waals surface area contributed by atoms with Gasteiger partial charge in [-0.2, -0.15) is 4.99 Å². The lowest BCUT2D eigenvalue weighted by molar-refractivity contribution is -0.117. The van der Waals surface area contributed by atoms with Crippen molar-refractivity contribution in [3.63, 3.8) is 0 Å². The van der Waals surface area contributed by atoms with Crippen molar-refractivity contribution in [3.8, 4) is 0 Å². The zero-order valence-corrected chi connectivity index (χ0v) is 18.6. The largest absolute Gasteiger partial charge is 0.465 e. The lowest BCUT2D eigenvalue weighted by Crippen LogP contribution is -2.18. The van der Waals surface area contributed by atoms with Crippen molar-refractivity contribution in [2.75, 3.05) is 12.9 Å². The van der Waals surface area contributed by atoms with Crippen LogP contribution in [-0.2, 0) is 31.7 Å². The Kier molecular flexibility index (Phi) is 7.19. The van der Waals surface area contributed by atoms with E-state index >= 15 is 0 Å². The number of carbonyl (C=O) groups is 2. The number of fused-ring (bicyclic) bond motifs is 1. The van der Waals surface area contributed by atoms with Crippen LogP contribution >= 0.6 is 11.3 Å². The molecule has 0 saturated carbocycles. The SMILES string of the molecule is C=CCn1c(=NC(=O)CCS(=O)(=O)Cc2ccccc2)sc2cc(C(=O)OC)ccc21. The second-order valence-electron chi connectivity index (χ2n) is 6.79. The summed E-state index contributed by atoms with van der Waals surface area (Å²) in [4.78, 5) is 28.8. The number of amides is 1. The second-order valence-corrected chi connectivity index (χ2v) is 9.98. The zero-order chi connectivity index (χ0) is 22.4. The first-order chi connectivity index (χ1) is 14.8. The molecule has 0 radical (unpaired) electrons. The first-order valence-electron chi connectivity index (χ1n) is 9.47. The van der Waals surface area contributed by atoms with Crippen molar-refractivity contribution in [1.82, 2.24) is 4.57 Å². The number of hydrogen-bond acceptors (Lipinski definition) is 6. The van der Waals surface area contributed by atoms with Crippen LogP contribution in [0.25, 0.3) is 10.2 Å². The van der Waals surface area contributed by atoms with Crippen LogP contribution in [0.2, 0.25) is 0 Å². The molecule has 0 N–H and O–H groups in total. The van der Waals surface area contributed by atoms with Crippen LogP contribution in [0.3, 0.4) is 0 Å². The van der Waals surface area contributed by atoms with Gasteiger partial charge in [-0.15, -0.1) is 6.58 Å². The highest BCUT2D eigenvalue weighted by atomic mass is 32.2. The number of esters is 1. The molecule has 1 aromatic heterocycles. The molecular formula is C22H22N2O5S2. The maximum Gasteiger partial charge on any atom is 0.337 e. The van der Waals surface area contributed by atoms with E-state index in [0.717, 1.165) is 10.2 Å². The fourth-order valence-electron chi connectivity index (χ4n) is 3.01. The molecule has 3 rings (SSSR count). The number of nitrogens with zero attached hydrogens (tertiary/aromatic N) is 2. The van der Waals surface area contributed by atoms with E-state index < -0.39 is 21.7 Å². The number of ether oxygens (including phenoxy) is 1. The molecule has 0 bridgehead atoms. The minimum Gasteiger partial charge on any atom is -0.465 e.